The van der Waals surface area contributed by atoms with Crippen LogP contribution in [0.15, 0.2) is 27.8 Å². The molecule has 0 aliphatic carbocycles. The standard InChI is InChI=1S/C9H10BrFN2O2/c10-7-2-1-6(11)5-8(7)15-4-3-9(12)13-14/h1-2,5,14H,3-4H2,(H2,12,13). The van der Waals surface area contributed by atoms with Crippen molar-refractivity contribution in [2.75, 3.05) is 6.61 Å². The van der Waals surface area contributed by atoms with Gasteiger partial charge in [-0.2, -0.15) is 0 Å². The number of nitrogens with zero attached hydrogens (tertiary/aromatic N) is 1. The van der Waals surface area contributed by atoms with Crippen LogP contribution < -0.4 is 10.5 Å². The van der Waals surface area contributed by atoms with E-state index in [1.807, 2.05) is 0 Å². The summed E-state index contributed by atoms with van der Waals surface area (Å²) in [5.74, 6) is 0.0836. The Bertz CT molecular complexity index is 371. The van der Waals surface area contributed by atoms with E-state index in [4.69, 9.17) is 15.7 Å². The summed E-state index contributed by atoms with van der Waals surface area (Å²) in [6.45, 7) is 0.220. The predicted molar refractivity (Wildman–Crippen MR) is 57.6 cm³/mol. The summed E-state index contributed by atoms with van der Waals surface area (Å²) < 4.78 is 18.7. The number of nitrogens with two attached hydrogens (primary N) is 1. The first-order chi connectivity index (χ1) is 7.13. The minimum absolute atomic E-state index is 0.0718. The van der Waals surface area contributed by atoms with E-state index in [2.05, 4.69) is 21.1 Å². The largest absolute Gasteiger partial charge is 0.492 e. The summed E-state index contributed by atoms with van der Waals surface area (Å²) in [7, 11) is 0. The van der Waals surface area contributed by atoms with Gasteiger partial charge in [-0.05, 0) is 28.1 Å². The van der Waals surface area contributed by atoms with Crippen molar-refractivity contribution in [1.29, 1.82) is 0 Å². The number of benzene rings is 1. The molecule has 82 valence electrons. The van der Waals surface area contributed by atoms with Gasteiger partial charge in [0.15, 0.2) is 0 Å². The van der Waals surface area contributed by atoms with Crippen LogP contribution >= 0.6 is 15.9 Å². The second-order valence-corrected chi connectivity index (χ2v) is 3.62. The number of halogens is 2. The van der Waals surface area contributed by atoms with Crippen LogP contribution in [0, 0.1) is 5.82 Å². The summed E-state index contributed by atoms with van der Waals surface area (Å²) in [4.78, 5) is 0. The summed E-state index contributed by atoms with van der Waals surface area (Å²) in [6.07, 6.45) is 0.277. The van der Waals surface area contributed by atoms with Crippen LogP contribution in [0.5, 0.6) is 5.75 Å². The molecule has 0 aliphatic heterocycles. The first-order valence-electron chi connectivity index (χ1n) is 4.17. The lowest BCUT2D eigenvalue weighted by molar-refractivity contribution is 0.304. The number of rotatable bonds is 4. The van der Waals surface area contributed by atoms with Gasteiger partial charge in [-0.15, -0.1) is 0 Å². The summed E-state index contributed by atoms with van der Waals surface area (Å²) >= 11 is 3.21. The second kappa shape index (κ2) is 5.55. The molecule has 4 nitrogen and oxygen atoms in total. The molecule has 0 aliphatic rings. The molecule has 15 heavy (non-hydrogen) atoms. The fourth-order valence-electron chi connectivity index (χ4n) is 0.903. The quantitative estimate of drug-likeness (QED) is 0.383. The van der Waals surface area contributed by atoms with E-state index in [0.717, 1.165) is 0 Å². The van der Waals surface area contributed by atoms with Crippen LogP contribution in [-0.4, -0.2) is 17.6 Å². The minimum atomic E-state index is -0.378. The van der Waals surface area contributed by atoms with E-state index >= 15 is 0 Å². The lowest BCUT2D eigenvalue weighted by Gasteiger charge is -2.07. The molecule has 1 rings (SSSR count). The highest BCUT2D eigenvalue weighted by molar-refractivity contribution is 9.10. The van der Waals surface area contributed by atoms with Crippen molar-refractivity contribution in [3.63, 3.8) is 0 Å². The molecule has 1 aromatic rings. The van der Waals surface area contributed by atoms with Gasteiger partial charge in [0.1, 0.15) is 17.4 Å². The highest BCUT2D eigenvalue weighted by Gasteiger charge is 2.03. The number of hydrogen-bond acceptors (Lipinski definition) is 3. The number of hydrogen-bond donors (Lipinski definition) is 2. The Morgan fingerprint density at radius 3 is 3.00 bits per heavy atom. The summed E-state index contributed by atoms with van der Waals surface area (Å²) in [6, 6.07) is 4.13. The molecule has 0 unspecified atom stereocenters. The molecule has 0 radical (unpaired) electrons. The van der Waals surface area contributed by atoms with E-state index in [-0.39, 0.29) is 24.7 Å². The Morgan fingerprint density at radius 1 is 1.60 bits per heavy atom. The highest BCUT2D eigenvalue weighted by Crippen LogP contribution is 2.25. The topological polar surface area (TPSA) is 67.8 Å². The third-order valence-electron chi connectivity index (χ3n) is 1.64. The van der Waals surface area contributed by atoms with Gasteiger partial charge in [0.05, 0.1) is 11.1 Å². The van der Waals surface area contributed by atoms with Crippen molar-refractivity contribution < 1.29 is 14.3 Å². The van der Waals surface area contributed by atoms with Gasteiger partial charge in [0.25, 0.3) is 0 Å². The van der Waals surface area contributed by atoms with Crippen molar-refractivity contribution >= 4 is 21.8 Å². The monoisotopic (exact) mass is 276 g/mol. The van der Waals surface area contributed by atoms with Gasteiger partial charge in [0.2, 0.25) is 0 Å². The molecule has 0 atom stereocenters. The Hall–Kier alpha value is -1.30. The number of amidine groups is 1. The highest BCUT2D eigenvalue weighted by atomic mass is 79.9. The molecule has 0 amide bonds. The van der Waals surface area contributed by atoms with Gasteiger partial charge >= 0.3 is 0 Å². The zero-order chi connectivity index (χ0) is 11.3. The van der Waals surface area contributed by atoms with Crippen LogP contribution in [0.3, 0.4) is 0 Å². The smallest absolute Gasteiger partial charge is 0.142 e. The lowest BCUT2D eigenvalue weighted by Crippen LogP contribution is -2.15. The van der Waals surface area contributed by atoms with Crippen LogP contribution in [-0.2, 0) is 0 Å². The average Bonchev–Trinajstić information content (AvgIpc) is 2.23. The van der Waals surface area contributed by atoms with Crippen molar-refractivity contribution in [2.24, 2.45) is 10.9 Å². The third kappa shape index (κ3) is 3.75. The van der Waals surface area contributed by atoms with Gasteiger partial charge in [-0.3, -0.25) is 0 Å². The van der Waals surface area contributed by atoms with E-state index in [1.54, 1.807) is 6.07 Å². The normalized spacial score (nSPS) is 11.5. The van der Waals surface area contributed by atoms with Gasteiger partial charge in [-0.1, -0.05) is 5.16 Å². The van der Waals surface area contributed by atoms with Gasteiger partial charge in [0, 0.05) is 12.5 Å². The van der Waals surface area contributed by atoms with E-state index in [1.165, 1.54) is 12.1 Å². The van der Waals surface area contributed by atoms with Crippen molar-refractivity contribution in [1.82, 2.24) is 0 Å². The molecule has 3 N–H and O–H groups in total. The number of oxime groups is 1. The Labute approximate surface area is 94.7 Å². The first kappa shape index (κ1) is 11.8. The van der Waals surface area contributed by atoms with Crippen LogP contribution in [0.2, 0.25) is 0 Å². The molecule has 0 bridgehead atoms. The van der Waals surface area contributed by atoms with E-state index in [0.29, 0.717) is 10.2 Å². The molecule has 0 fully saturated rings. The first-order valence-corrected chi connectivity index (χ1v) is 4.97. The summed E-state index contributed by atoms with van der Waals surface area (Å²) in [5.41, 5.74) is 5.24. The van der Waals surface area contributed by atoms with Crippen LogP contribution in [0.4, 0.5) is 4.39 Å². The molecular formula is C9H10BrFN2O2. The molecule has 6 heteroatoms. The Morgan fingerprint density at radius 2 is 2.33 bits per heavy atom. The maximum absolute atomic E-state index is 12.8. The predicted octanol–water partition coefficient (Wildman–Crippen LogP) is 2.10. The average molecular weight is 277 g/mol. The lowest BCUT2D eigenvalue weighted by atomic mass is 10.3. The zero-order valence-electron chi connectivity index (χ0n) is 7.78. The molecule has 0 aromatic heterocycles. The molecular weight excluding hydrogens is 267 g/mol. The van der Waals surface area contributed by atoms with Gasteiger partial charge in [-0.25, -0.2) is 4.39 Å². The van der Waals surface area contributed by atoms with Crippen LogP contribution in [0.25, 0.3) is 0 Å². The van der Waals surface area contributed by atoms with Crippen LogP contribution in [0.1, 0.15) is 6.42 Å². The van der Waals surface area contributed by atoms with Crippen molar-refractivity contribution in [3.05, 3.63) is 28.5 Å². The molecule has 1 aromatic carbocycles. The van der Waals surface area contributed by atoms with E-state index in [9.17, 15) is 4.39 Å². The Kier molecular flexibility index (Phi) is 4.36. The molecule has 0 saturated heterocycles. The van der Waals surface area contributed by atoms with Crippen molar-refractivity contribution in [2.45, 2.75) is 6.42 Å². The second-order valence-electron chi connectivity index (χ2n) is 2.76. The fraction of sp³-hybridized carbons (Fsp3) is 0.222. The van der Waals surface area contributed by atoms with E-state index < -0.39 is 0 Å². The molecule has 0 saturated carbocycles. The fourth-order valence-corrected chi connectivity index (χ4v) is 1.26. The van der Waals surface area contributed by atoms with Gasteiger partial charge < -0.3 is 15.7 Å². The number of ether oxygens (including phenoxy) is 1. The third-order valence-corrected chi connectivity index (χ3v) is 2.29. The minimum Gasteiger partial charge on any atom is -0.492 e. The molecule has 0 heterocycles. The maximum atomic E-state index is 12.8. The van der Waals surface area contributed by atoms with Crippen molar-refractivity contribution in [3.8, 4) is 5.75 Å². The maximum Gasteiger partial charge on any atom is 0.142 e. The Balaban J connectivity index is 2.54. The molecule has 0 spiro atoms. The zero-order valence-corrected chi connectivity index (χ0v) is 9.37. The summed E-state index contributed by atoms with van der Waals surface area (Å²) in [5, 5.41) is 11.1. The SMILES string of the molecule is N/C(CCOc1cc(F)ccc1Br)=N/O.